The number of carbonyl (C=O) groups is 1. The molecule has 0 unspecified atom stereocenters. The third kappa shape index (κ3) is 3.96. The third-order valence-corrected chi connectivity index (χ3v) is 3.26. The molecule has 1 aliphatic carbocycles. The number of aldehydes is 1. The van der Waals surface area contributed by atoms with Crippen molar-refractivity contribution in [3.63, 3.8) is 0 Å². The highest BCUT2D eigenvalue weighted by atomic mass is 19.4. The van der Waals surface area contributed by atoms with Crippen molar-refractivity contribution in [2.75, 3.05) is 13.7 Å². The van der Waals surface area contributed by atoms with E-state index in [0.717, 1.165) is 12.8 Å². The zero-order valence-corrected chi connectivity index (χ0v) is 11.1. The van der Waals surface area contributed by atoms with Gasteiger partial charge in [-0.15, -0.1) is 0 Å². The van der Waals surface area contributed by atoms with E-state index in [0.29, 0.717) is 23.2 Å². The highest BCUT2D eigenvalue weighted by Crippen LogP contribution is 2.33. The topological polar surface area (TPSA) is 29.5 Å². The van der Waals surface area contributed by atoms with Gasteiger partial charge in [0.2, 0.25) is 0 Å². The molecule has 0 radical (unpaired) electrons. The molecule has 0 bridgehead atoms. The van der Waals surface area contributed by atoms with Crippen molar-refractivity contribution >= 4 is 6.29 Å². The minimum Gasteiger partial charge on any atom is -0.496 e. The van der Waals surface area contributed by atoms with Crippen LogP contribution in [0.2, 0.25) is 0 Å². The van der Waals surface area contributed by atoms with Gasteiger partial charge in [0.15, 0.2) is 0 Å². The lowest BCUT2D eigenvalue weighted by Gasteiger charge is -2.24. The van der Waals surface area contributed by atoms with Gasteiger partial charge in [-0.05, 0) is 31.0 Å². The lowest BCUT2D eigenvalue weighted by molar-refractivity contribution is -0.148. The average molecular weight is 287 g/mol. The molecule has 1 aliphatic rings. The molecule has 0 heterocycles. The van der Waals surface area contributed by atoms with E-state index in [9.17, 15) is 18.0 Å². The minimum atomic E-state index is -4.22. The fraction of sp³-hybridized carbons (Fsp3) is 0.500. The molecule has 0 saturated heterocycles. The first-order valence-electron chi connectivity index (χ1n) is 6.36. The molecule has 0 spiro atoms. The largest absolute Gasteiger partial charge is 0.496 e. The smallest absolute Gasteiger partial charge is 0.401 e. The first-order valence-corrected chi connectivity index (χ1v) is 6.36. The van der Waals surface area contributed by atoms with Crippen molar-refractivity contribution in [2.45, 2.75) is 31.6 Å². The number of benzene rings is 1. The van der Waals surface area contributed by atoms with E-state index in [-0.39, 0.29) is 12.6 Å². The Bertz CT molecular complexity index is 484. The van der Waals surface area contributed by atoms with E-state index < -0.39 is 12.7 Å². The maximum absolute atomic E-state index is 12.6. The van der Waals surface area contributed by atoms with Gasteiger partial charge >= 0.3 is 6.18 Å². The van der Waals surface area contributed by atoms with Crippen LogP contribution in [-0.2, 0) is 6.54 Å². The van der Waals surface area contributed by atoms with Gasteiger partial charge in [-0.2, -0.15) is 13.2 Å². The second-order valence-electron chi connectivity index (χ2n) is 4.94. The van der Waals surface area contributed by atoms with E-state index in [1.165, 1.54) is 12.0 Å². The first kappa shape index (κ1) is 14.8. The van der Waals surface area contributed by atoms with Crippen LogP contribution in [0.25, 0.3) is 0 Å². The average Bonchev–Trinajstić information content (AvgIpc) is 3.20. The van der Waals surface area contributed by atoms with E-state index >= 15 is 0 Å². The van der Waals surface area contributed by atoms with Crippen molar-refractivity contribution in [3.8, 4) is 5.75 Å². The number of halogens is 3. The summed E-state index contributed by atoms with van der Waals surface area (Å²) in [6.07, 6.45) is -1.98. The number of rotatable bonds is 6. The summed E-state index contributed by atoms with van der Waals surface area (Å²) in [7, 11) is 1.46. The van der Waals surface area contributed by atoms with Gasteiger partial charge < -0.3 is 4.74 Å². The summed E-state index contributed by atoms with van der Waals surface area (Å²) < 4.78 is 42.9. The lowest BCUT2D eigenvalue weighted by atomic mass is 10.1. The molecule has 1 fully saturated rings. The van der Waals surface area contributed by atoms with E-state index in [2.05, 4.69) is 0 Å². The molecule has 1 saturated carbocycles. The van der Waals surface area contributed by atoms with E-state index in [1.807, 2.05) is 0 Å². The fourth-order valence-corrected chi connectivity index (χ4v) is 2.20. The highest BCUT2D eigenvalue weighted by molar-refractivity contribution is 5.75. The molecule has 2 rings (SSSR count). The number of hydrogen-bond donors (Lipinski definition) is 0. The summed E-state index contributed by atoms with van der Waals surface area (Å²) in [5.41, 5.74) is 1.04. The van der Waals surface area contributed by atoms with Crippen molar-refractivity contribution in [1.29, 1.82) is 0 Å². The van der Waals surface area contributed by atoms with Gasteiger partial charge in [-0.25, -0.2) is 0 Å². The lowest BCUT2D eigenvalue weighted by Crippen LogP contribution is -2.35. The minimum absolute atomic E-state index is 0.0266. The molecule has 1 aromatic carbocycles. The van der Waals surface area contributed by atoms with Crippen LogP contribution in [0.1, 0.15) is 28.8 Å². The van der Waals surface area contributed by atoms with Crippen molar-refractivity contribution in [2.24, 2.45) is 0 Å². The van der Waals surface area contributed by atoms with Gasteiger partial charge in [-0.3, -0.25) is 9.69 Å². The molecule has 3 nitrogen and oxygen atoms in total. The second kappa shape index (κ2) is 5.83. The van der Waals surface area contributed by atoms with Crippen LogP contribution in [0.3, 0.4) is 0 Å². The monoisotopic (exact) mass is 287 g/mol. The normalized spacial score (nSPS) is 15.4. The maximum atomic E-state index is 12.6. The molecule has 20 heavy (non-hydrogen) atoms. The Balaban J connectivity index is 2.18. The quantitative estimate of drug-likeness (QED) is 0.753. The molecule has 0 N–H and O–H groups in total. The van der Waals surface area contributed by atoms with Gasteiger partial charge in [0, 0.05) is 23.7 Å². The Morgan fingerprint density at radius 2 is 2.10 bits per heavy atom. The molecule has 110 valence electrons. The van der Waals surface area contributed by atoms with Crippen LogP contribution in [0.15, 0.2) is 18.2 Å². The number of nitrogens with zero attached hydrogens (tertiary/aromatic N) is 1. The fourth-order valence-electron chi connectivity index (χ4n) is 2.20. The number of hydrogen-bond acceptors (Lipinski definition) is 3. The molecule has 0 aliphatic heterocycles. The van der Waals surface area contributed by atoms with Crippen LogP contribution >= 0.6 is 0 Å². The van der Waals surface area contributed by atoms with Crippen LogP contribution in [0.5, 0.6) is 5.75 Å². The van der Waals surface area contributed by atoms with Crippen LogP contribution in [0.4, 0.5) is 13.2 Å². The summed E-state index contributed by atoms with van der Waals surface area (Å²) in [6, 6.07) is 4.75. The zero-order valence-electron chi connectivity index (χ0n) is 11.1. The van der Waals surface area contributed by atoms with Crippen molar-refractivity contribution in [3.05, 3.63) is 29.3 Å². The molecule has 0 aromatic heterocycles. The maximum Gasteiger partial charge on any atom is 0.401 e. The van der Waals surface area contributed by atoms with Crippen molar-refractivity contribution in [1.82, 2.24) is 4.90 Å². The standard InChI is InChI=1S/C14H16F3NO2/c1-20-13-5-2-10(8-19)6-11(13)7-18(12-3-4-12)9-14(15,16)17/h2,5-6,8,12H,3-4,7,9H2,1H3. The summed E-state index contributed by atoms with van der Waals surface area (Å²) in [5, 5.41) is 0. The van der Waals surface area contributed by atoms with E-state index in [1.54, 1.807) is 18.2 Å². The number of carbonyl (C=O) groups excluding carboxylic acids is 1. The Hall–Kier alpha value is -1.56. The van der Waals surface area contributed by atoms with Gasteiger partial charge in [-0.1, -0.05) is 0 Å². The molecule has 1 aromatic rings. The second-order valence-corrected chi connectivity index (χ2v) is 4.94. The molecular formula is C14H16F3NO2. The van der Waals surface area contributed by atoms with Crippen LogP contribution in [0, 0.1) is 0 Å². The predicted octanol–water partition coefficient (Wildman–Crippen LogP) is 3.03. The number of ether oxygens (including phenoxy) is 1. The molecule has 6 heteroatoms. The van der Waals surface area contributed by atoms with Gasteiger partial charge in [0.05, 0.1) is 13.7 Å². The molecule has 0 amide bonds. The first-order chi connectivity index (χ1) is 9.43. The van der Waals surface area contributed by atoms with Gasteiger partial charge in [0.25, 0.3) is 0 Å². The zero-order chi connectivity index (χ0) is 14.8. The molecule has 0 atom stereocenters. The Morgan fingerprint density at radius 3 is 2.60 bits per heavy atom. The Kier molecular flexibility index (Phi) is 4.32. The predicted molar refractivity (Wildman–Crippen MR) is 67.9 cm³/mol. The molecular weight excluding hydrogens is 271 g/mol. The SMILES string of the molecule is COc1ccc(C=O)cc1CN(CC(F)(F)F)C1CC1. The number of alkyl halides is 3. The van der Waals surface area contributed by atoms with Gasteiger partial charge in [0.1, 0.15) is 12.0 Å². The Morgan fingerprint density at radius 1 is 1.40 bits per heavy atom. The Labute approximate surface area is 115 Å². The van der Waals surface area contributed by atoms with Crippen LogP contribution < -0.4 is 4.74 Å². The highest BCUT2D eigenvalue weighted by Gasteiger charge is 2.38. The third-order valence-electron chi connectivity index (χ3n) is 3.26. The van der Waals surface area contributed by atoms with Crippen molar-refractivity contribution < 1.29 is 22.7 Å². The summed E-state index contributed by atoms with van der Waals surface area (Å²) in [4.78, 5) is 12.2. The van der Waals surface area contributed by atoms with Crippen LogP contribution in [-0.4, -0.2) is 37.1 Å². The number of methoxy groups -OCH3 is 1. The summed E-state index contributed by atoms with van der Waals surface area (Å²) in [5.74, 6) is 0.503. The van der Waals surface area contributed by atoms with E-state index in [4.69, 9.17) is 4.74 Å². The summed E-state index contributed by atoms with van der Waals surface area (Å²) >= 11 is 0. The summed E-state index contributed by atoms with van der Waals surface area (Å²) in [6.45, 7) is -0.804.